The average molecular weight is 402 g/mol. The zero-order valence-electron chi connectivity index (χ0n) is 17.1. The first-order valence-electron chi connectivity index (χ1n) is 9.74. The van der Waals surface area contributed by atoms with Crippen LogP contribution in [-0.4, -0.2) is 44.6 Å². The molecule has 8 nitrogen and oxygen atoms in total. The predicted octanol–water partition coefficient (Wildman–Crippen LogP) is 3.52. The van der Waals surface area contributed by atoms with Gasteiger partial charge in [0, 0.05) is 18.8 Å². The molecule has 2 aromatic carbocycles. The molecule has 8 heteroatoms. The second-order valence-electron chi connectivity index (χ2n) is 7.14. The number of hydrogen-bond acceptors (Lipinski definition) is 6. The standard InChI is InChI=1S/C22H22N6O2/c1-15-13-27(14-23-15)17-9-8-16(12-20(17)29-3)21-24-22(26(2)25-21)28-10-11-30-19-7-5-4-6-18(19)28/h4-9,12-14H,10-11H2,1-3H3. The van der Waals surface area contributed by atoms with Gasteiger partial charge in [0.1, 0.15) is 18.1 Å². The molecular weight excluding hydrogens is 380 g/mol. The molecule has 0 saturated heterocycles. The Hall–Kier alpha value is -3.81. The number of rotatable bonds is 4. The molecule has 0 amide bonds. The summed E-state index contributed by atoms with van der Waals surface area (Å²) in [5.41, 5.74) is 3.74. The molecule has 2 aromatic heterocycles. The largest absolute Gasteiger partial charge is 0.495 e. The maximum atomic E-state index is 5.77. The topological polar surface area (TPSA) is 70.2 Å². The molecule has 5 rings (SSSR count). The second-order valence-corrected chi connectivity index (χ2v) is 7.14. The molecule has 0 bridgehead atoms. The van der Waals surface area contributed by atoms with Crippen LogP contribution in [0.3, 0.4) is 0 Å². The summed E-state index contributed by atoms with van der Waals surface area (Å²) in [6, 6.07) is 13.9. The van der Waals surface area contributed by atoms with Crippen LogP contribution in [-0.2, 0) is 7.05 Å². The van der Waals surface area contributed by atoms with Gasteiger partial charge in [-0.05, 0) is 37.3 Å². The van der Waals surface area contributed by atoms with Gasteiger partial charge in [-0.1, -0.05) is 12.1 Å². The van der Waals surface area contributed by atoms with Crippen molar-refractivity contribution in [3.63, 3.8) is 0 Å². The zero-order valence-corrected chi connectivity index (χ0v) is 17.1. The minimum Gasteiger partial charge on any atom is -0.495 e. The first-order chi connectivity index (χ1) is 14.6. The molecule has 3 heterocycles. The summed E-state index contributed by atoms with van der Waals surface area (Å²) in [4.78, 5) is 11.3. The van der Waals surface area contributed by atoms with Crippen LogP contribution in [0.5, 0.6) is 11.5 Å². The van der Waals surface area contributed by atoms with E-state index in [9.17, 15) is 0 Å². The first-order valence-corrected chi connectivity index (χ1v) is 9.74. The number of fused-ring (bicyclic) bond motifs is 1. The fourth-order valence-electron chi connectivity index (χ4n) is 3.69. The van der Waals surface area contributed by atoms with Gasteiger partial charge >= 0.3 is 0 Å². The lowest BCUT2D eigenvalue weighted by atomic mass is 10.1. The van der Waals surface area contributed by atoms with Crippen LogP contribution in [0.4, 0.5) is 11.6 Å². The highest BCUT2D eigenvalue weighted by atomic mass is 16.5. The van der Waals surface area contributed by atoms with Gasteiger partial charge in [0.25, 0.3) is 0 Å². The number of anilines is 2. The molecule has 1 aliphatic heterocycles. The summed E-state index contributed by atoms with van der Waals surface area (Å²) in [5, 5.41) is 4.66. The molecule has 0 unspecified atom stereocenters. The number of aryl methyl sites for hydroxylation is 2. The molecule has 152 valence electrons. The van der Waals surface area contributed by atoms with E-state index in [1.165, 1.54) is 0 Å². The summed E-state index contributed by atoms with van der Waals surface area (Å²) in [6.45, 7) is 3.28. The Morgan fingerprint density at radius 3 is 2.77 bits per heavy atom. The van der Waals surface area contributed by atoms with E-state index in [4.69, 9.17) is 14.5 Å². The molecule has 0 radical (unpaired) electrons. The Kier molecular flexibility index (Phi) is 4.39. The zero-order chi connectivity index (χ0) is 20.7. The Morgan fingerprint density at radius 1 is 1.10 bits per heavy atom. The molecule has 0 saturated carbocycles. The Morgan fingerprint density at radius 2 is 1.97 bits per heavy atom. The smallest absolute Gasteiger partial charge is 0.228 e. The van der Waals surface area contributed by atoms with Gasteiger partial charge in [-0.3, -0.25) is 0 Å². The molecule has 30 heavy (non-hydrogen) atoms. The third-order valence-corrected chi connectivity index (χ3v) is 5.14. The van der Waals surface area contributed by atoms with Crippen LogP contribution < -0.4 is 14.4 Å². The summed E-state index contributed by atoms with van der Waals surface area (Å²) in [6.07, 6.45) is 3.74. The van der Waals surface area contributed by atoms with E-state index in [-0.39, 0.29) is 0 Å². The number of nitrogens with zero attached hydrogens (tertiary/aromatic N) is 6. The molecule has 0 atom stereocenters. The molecule has 1 aliphatic rings. The number of benzene rings is 2. The third kappa shape index (κ3) is 3.06. The van der Waals surface area contributed by atoms with Crippen molar-refractivity contribution in [2.75, 3.05) is 25.2 Å². The van der Waals surface area contributed by atoms with Gasteiger partial charge in [0.15, 0.2) is 5.82 Å². The van der Waals surface area contributed by atoms with Gasteiger partial charge in [-0.2, -0.15) is 4.98 Å². The molecule has 0 aliphatic carbocycles. The van der Waals surface area contributed by atoms with E-state index in [2.05, 4.69) is 15.0 Å². The van der Waals surface area contributed by atoms with Crippen molar-refractivity contribution in [2.45, 2.75) is 6.92 Å². The fraction of sp³-hybridized carbons (Fsp3) is 0.227. The summed E-state index contributed by atoms with van der Waals surface area (Å²) < 4.78 is 15.2. The highest BCUT2D eigenvalue weighted by Gasteiger charge is 2.24. The predicted molar refractivity (Wildman–Crippen MR) is 114 cm³/mol. The number of methoxy groups -OCH3 is 1. The van der Waals surface area contributed by atoms with Gasteiger partial charge in [0.05, 0.1) is 37.1 Å². The van der Waals surface area contributed by atoms with Crippen LogP contribution in [0.2, 0.25) is 0 Å². The number of imidazole rings is 1. The van der Waals surface area contributed by atoms with Crippen molar-refractivity contribution in [3.05, 3.63) is 60.7 Å². The first kappa shape index (κ1) is 18.2. The Labute approximate surface area is 174 Å². The van der Waals surface area contributed by atoms with Crippen LogP contribution in [0.15, 0.2) is 55.0 Å². The van der Waals surface area contributed by atoms with Crippen LogP contribution >= 0.6 is 0 Å². The van der Waals surface area contributed by atoms with Crippen molar-refractivity contribution >= 4 is 11.6 Å². The number of hydrogen-bond donors (Lipinski definition) is 0. The molecule has 0 spiro atoms. The van der Waals surface area contributed by atoms with E-state index >= 15 is 0 Å². The van der Waals surface area contributed by atoms with Gasteiger partial charge in [0.2, 0.25) is 5.95 Å². The second kappa shape index (κ2) is 7.22. The Bertz CT molecular complexity index is 1210. The van der Waals surface area contributed by atoms with E-state index in [0.29, 0.717) is 19.0 Å². The Balaban J connectivity index is 1.52. The number of ether oxygens (including phenoxy) is 2. The lowest BCUT2D eigenvalue weighted by molar-refractivity contribution is 0.312. The van der Waals surface area contributed by atoms with Crippen LogP contribution in [0, 0.1) is 6.92 Å². The SMILES string of the molecule is COc1cc(-c2nc(N3CCOc4ccccc43)n(C)n2)ccc1-n1cnc(C)c1. The van der Waals surface area contributed by atoms with Crippen molar-refractivity contribution in [1.82, 2.24) is 24.3 Å². The highest BCUT2D eigenvalue weighted by Crippen LogP contribution is 2.36. The van der Waals surface area contributed by atoms with E-state index in [1.807, 2.05) is 67.2 Å². The summed E-state index contributed by atoms with van der Waals surface area (Å²) >= 11 is 0. The summed E-state index contributed by atoms with van der Waals surface area (Å²) in [7, 11) is 3.57. The lowest BCUT2D eigenvalue weighted by Crippen LogP contribution is -2.30. The minimum atomic E-state index is 0.603. The van der Waals surface area contributed by atoms with Gasteiger partial charge in [-0.25, -0.2) is 9.67 Å². The van der Waals surface area contributed by atoms with Crippen molar-refractivity contribution in [1.29, 1.82) is 0 Å². The van der Waals surface area contributed by atoms with Crippen molar-refractivity contribution < 1.29 is 9.47 Å². The molecule has 0 N–H and O–H groups in total. The third-order valence-electron chi connectivity index (χ3n) is 5.14. The molecular formula is C22H22N6O2. The maximum Gasteiger partial charge on any atom is 0.228 e. The maximum absolute atomic E-state index is 5.77. The van der Waals surface area contributed by atoms with E-state index in [1.54, 1.807) is 18.1 Å². The monoisotopic (exact) mass is 402 g/mol. The van der Waals surface area contributed by atoms with Crippen molar-refractivity contribution in [2.24, 2.45) is 7.05 Å². The molecule has 0 fully saturated rings. The van der Waals surface area contributed by atoms with Crippen molar-refractivity contribution in [3.8, 4) is 28.6 Å². The number of aromatic nitrogens is 5. The van der Waals surface area contributed by atoms with Gasteiger partial charge < -0.3 is 18.9 Å². The average Bonchev–Trinajstić information content (AvgIpc) is 3.38. The van der Waals surface area contributed by atoms with E-state index in [0.717, 1.165) is 40.1 Å². The number of para-hydroxylation sites is 2. The van der Waals surface area contributed by atoms with Gasteiger partial charge in [-0.15, -0.1) is 5.10 Å². The summed E-state index contributed by atoms with van der Waals surface area (Å²) in [5.74, 6) is 3.00. The van der Waals surface area contributed by atoms with Crippen LogP contribution in [0.1, 0.15) is 5.69 Å². The highest BCUT2D eigenvalue weighted by molar-refractivity contribution is 5.69. The quantitative estimate of drug-likeness (QED) is 0.520. The molecule has 4 aromatic rings. The fourth-order valence-corrected chi connectivity index (χ4v) is 3.69. The van der Waals surface area contributed by atoms with Crippen LogP contribution in [0.25, 0.3) is 17.1 Å². The normalized spacial score (nSPS) is 13.1. The minimum absolute atomic E-state index is 0.603. The van der Waals surface area contributed by atoms with E-state index < -0.39 is 0 Å². The lowest BCUT2D eigenvalue weighted by Gasteiger charge is -2.29.